The van der Waals surface area contributed by atoms with Gasteiger partial charge in [-0.3, -0.25) is 9.36 Å². The maximum absolute atomic E-state index is 12.5. The summed E-state index contributed by atoms with van der Waals surface area (Å²) in [6.45, 7) is 0.318. The van der Waals surface area contributed by atoms with Crippen molar-refractivity contribution in [2.24, 2.45) is 0 Å². The molecule has 0 amide bonds. The molecule has 4 aromatic rings. The van der Waals surface area contributed by atoms with E-state index in [0.717, 1.165) is 17.1 Å². The van der Waals surface area contributed by atoms with Crippen molar-refractivity contribution in [1.29, 1.82) is 0 Å². The van der Waals surface area contributed by atoms with Crippen LogP contribution in [0.3, 0.4) is 0 Å². The Morgan fingerprint density at radius 3 is 2.52 bits per heavy atom. The Morgan fingerprint density at radius 2 is 1.76 bits per heavy atom. The summed E-state index contributed by atoms with van der Waals surface area (Å²) in [6.07, 6.45) is 1.43. The van der Waals surface area contributed by atoms with Crippen molar-refractivity contribution >= 4 is 17.1 Å². The van der Waals surface area contributed by atoms with E-state index in [2.05, 4.69) is 15.0 Å². The van der Waals surface area contributed by atoms with Crippen molar-refractivity contribution in [1.82, 2.24) is 19.5 Å². The third-order valence-corrected chi connectivity index (χ3v) is 3.82. The molecule has 7 nitrogen and oxygen atoms in total. The summed E-state index contributed by atoms with van der Waals surface area (Å²) in [5.41, 5.74) is 7.24. The first kappa shape index (κ1) is 14.9. The van der Waals surface area contributed by atoms with Gasteiger partial charge < -0.3 is 15.5 Å². The van der Waals surface area contributed by atoms with Crippen LogP contribution in [0.5, 0.6) is 11.5 Å². The predicted molar refractivity (Wildman–Crippen MR) is 94.6 cm³/mol. The number of benzene rings is 2. The van der Waals surface area contributed by atoms with Crippen molar-refractivity contribution in [2.45, 2.75) is 6.54 Å². The normalized spacial score (nSPS) is 10.9. The number of hydrogen-bond donors (Lipinski definition) is 2. The summed E-state index contributed by atoms with van der Waals surface area (Å²) in [7, 11) is 0. The number of nitrogen functional groups attached to an aromatic ring is 1. The molecular weight excluding hydrogens is 318 g/mol. The predicted octanol–water partition coefficient (Wildman–Crippen LogP) is 2.54. The molecular formula is C18H15N5O2. The molecule has 2 aromatic carbocycles. The van der Waals surface area contributed by atoms with E-state index in [0.29, 0.717) is 17.7 Å². The second-order valence-corrected chi connectivity index (χ2v) is 5.52. The van der Waals surface area contributed by atoms with Gasteiger partial charge in [-0.1, -0.05) is 30.3 Å². The highest BCUT2D eigenvalue weighted by Crippen LogP contribution is 2.21. The summed E-state index contributed by atoms with van der Waals surface area (Å²) >= 11 is 0. The lowest BCUT2D eigenvalue weighted by atomic mass is 10.2. The van der Waals surface area contributed by atoms with Gasteiger partial charge >= 0.3 is 0 Å². The zero-order valence-electron chi connectivity index (χ0n) is 13.2. The highest BCUT2D eigenvalue weighted by molar-refractivity contribution is 5.69. The van der Waals surface area contributed by atoms with E-state index in [1.165, 1.54) is 10.9 Å². The molecule has 0 aliphatic carbocycles. The number of aromatic amines is 1. The molecule has 25 heavy (non-hydrogen) atoms. The molecule has 0 unspecified atom stereocenters. The van der Waals surface area contributed by atoms with Gasteiger partial charge in [-0.15, -0.1) is 0 Å². The molecule has 3 N–H and O–H groups in total. The Kier molecular flexibility index (Phi) is 3.66. The van der Waals surface area contributed by atoms with Gasteiger partial charge in [0.2, 0.25) is 5.95 Å². The number of nitrogens with one attached hydrogen (secondary N) is 1. The third kappa shape index (κ3) is 2.94. The molecule has 0 saturated carbocycles. The Hall–Kier alpha value is -3.61. The number of para-hydroxylation sites is 1. The number of hydrogen-bond acceptors (Lipinski definition) is 5. The second kappa shape index (κ2) is 6.12. The molecule has 0 atom stereocenters. The van der Waals surface area contributed by atoms with E-state index in [1.54, 1.807) is 0 Å². The van der Waals surface area contributed by atoms with Crippen LogP contribution in [-0.4, -0.2) is 19.5 Å². The van der Waals surface area contributed by atoms with E-state index >= 15 is 0 Å². The molecule has 0 spiro atoms. The molecule has 0 aliphatic rings. The highest BCUT2D eigenvalue weighted by Gasteiger charge is 2.11. The first-order valence-corrected chi connectivity index (χ1v) is 7.72. The van der Waals surface area contributed by atoms with Gasteiger partial charge in [-0.05, 0) is 29.8 Å². The quantitative estimate of drug-likeness (QED) is 0.598. The number of anilines is 1. The molecule has 0 fully saturated rings. The third-order valence-electron chi connectivity index (χ3n) is 3.82. The largest absolute Gasteiger partial charge is 0.457 e. The van der Waals surface area contributed by atoms with Crippen LogP contribution in [0.2, 0.25) is 0 Å². The molecule has 2 aromatic heterocycles. The molecule has 124 valence electrons. The lowest BCUT2D eigenvalue weighted by Crippen LogP contribution is -2.25. The minimum Gasteiger partial charge on any atom is -0.457 e. The number of nitrogens with two attached hydrogens (primary N) is 1. The van der Waals surface area contributed by atoms with E-state index in [9.17, 15) is 4.79 Å². The van der Waals surface area contributed by atoms with Crippen molar-refractivity contribution < 1.29 is 4.74 Å². The van der Waals surface area contributed by atoms with Crippen LogP contribution in [0.25, 0.3) is 11.2 Å². The van der Waals surface area contributed by atoms with Crippen LogP contribution >= 0.6 is 0 Å². The van der Waals surface area contributed by atoms with Gasteiger partial charge in [0.1, 0.15) is 11.5 Å². The molecule has 7 heteroatoms. The summed E-state index contributed by atoms with van der Waals surface area (Å²) in [5, 5.41) is 0. The number of aromatic nitrogens is 4. The molecule has 4 rings (SSSR count). The average molecular weight is 333 g/mol. The lowest BCUT2D eigenvalue weighted by Gasteiger charge is -2.10. The number of ether oxygens (including phenoxy) is 1. The second-order valence-electron chi connectivity index (χ2n) is 5.52. The molecule has 0 bridgehead atoms. The van der Waals surface area contributed by atoms with Gasteiger partial charge in [0.25, 0.3) is 5.56 Å². The number of fused-ring (bicyclic) bond motifs is 1. The monoisotopic (exact) mass is 333 g/mol. The van der Waals surface area contributed by atoms with Crippen molar-refractivity contribution in [3.05, 3.63) is 76.8 Å². The molecule has 0 radical (unpaired) electrons. The first-order chi connectivity index (χ1) is 12.2. The fourth-order valence-corrected chi connectivity index (χ4v) is 2.56. The van der Waals surface area contributed by atoms with E-state index in [1.807, 2.05) is 54.6 Å². The van der Waals surface area contributed by atoms with Crippen LogP contribution in [-0.2, 0) is 6.54 Å². The zero-order valence-corrected chi connectivity index (χ0v) is 13.2. The molecule has 0 aliphatic heterocycles. The van der Waals surface area contributed by atoms with Crippen LogP contribution in [0.1, 0.15) is 5.56 Å². The fourth-order valence-electron chi connectivity index (χ4n) is 2.56. The smallest absolute Gasteiger partial charge is 0.281 e. The lowest BCUT2D eigenvalue weighted by molar-refractivity contribution is 0.482. The highest BCUT2D eigenvalue weighted by atomic mass is 16.5. The molecule has 2 heterocycles. The minimum atomic E-state index is -0.246. The summed E-state index contributed by atoms with van der Waals surface area (Å²) < 4.78 is 7.17. The zero-order chi connectivity index (χ0) is 17.2. The number of nitrogens with zero attached hydrogens (tertiary/aromatic N) is 3. The van der Waals surface area contributed by atoms with Crippen molar-refractivity contribution in [3.63, 3.8) is 0 Å². The molecule has 0 saturated heterocycles. The minimum absolute atomic E-state index is 0.134. The van der Waals surface area contributed by atoms with Crippen molar-refractivity contribution in [2.75, 3.05) is 5.73 Å². The number of H-pyrrole nitrogens is 1. The number of rotatable bonds is 4. The van der Waals surface area contributed by atoms with Crippen LogP contribution in [0, 0.1) is 0 Å². The van der Waals surface area contributed by atoms with Crippen LogP contribution in [0.4, 0.5) is 5.95 Å². The van der Waals surface area contributed by atoms with Crippen LogP contribution in [0.15, 0.2) is 65.7 Å². The Bertz CT molecular complexity index is 1070. The van der Waals surface area contributed by atoms with E-state index < -0.39 is 0 Å². The standard InChI is InChI=1S/C18H15N5O2/c19-18-22-16-15(20-11-21-16)17(24)23(18)10-12-6-8-14(9-7-12)25-13-4-2-1-3-5-13/h1-9,11H,10H2,(H2,19,22)(H,20,21). The van der Waals surface area contributed by atoms with Gasteiger partial charge in [0, 0.05) is 0 Å². The van der Waals surface area contributed by atoms with E-state index in [4.69, 9.17) is 10.5 Å². The maximum Gasteiger partial charge on any atom is 0.281 e. The summed E-state index contributed by atoms with van der Waals surface area (Å²) in [6, 6.07) is 17.0. The van der Waals surface area contributed by atoms with Crippen molar-refractivity contribution in [3.8, 4) is 11.5 Å². The Balaban J connectivity index is 1.58. The topological polar surface area (TPSA) is 98.8 Å². The number of imidazole rings is 1. The SMILES string of the molecule is Nc1nc2nc[nH]c2c(=O)n1Cc1ccc(Oc2ccccc2)cc1. The summed E-state index contributed by atoms with van der Waals surface area (Å²) in [4.78, 5) is 23.4. The Labute approximate surface area is 142 Å². The van der Waals surface area contributed by atoms with Gasteiger partial charge in [-0.2, -0.15) is 4.98 Å². The van der Waals surface area contributed by atoms with Gasteiger partial charge in [-0.25, -0.2) is 4.98 Å². The van der Waals surface area contributed by atoms with Gasteiger partial charge in [0.05, 0.1) is 12.9 Å². The Morgan fingerprint density at radius 1 is 1.04 bits per heavy atom. The van der Waals surface area contributed by atoms with Crippen LogP contribution < -0.4 is 16.0 Å². The fraction of sp³-hybridized carbons (Fsp3) is 0.0556. The van der Waals surface area contributed by atoms with Gasteiger partial charge in [0.15, 0.2) is 11.2 Å². The van der Waals surface area contributed by atoms with E-state index in [-0.39, 0.29) is 11.5 Å². The summed E-state index contributed by atoms with van der Waals surface area (Å²) in [5.74, 6) is 1.62. The maximum atomic E-state index is 12.5. The first-order valence-electron chi connectivity index (χ1n) is 7.72. The average Bonchev–Trinajstić information content (AvgIpc) is 3.09.